The number of rotatable bonds is 10. The Bertz CT molecular complexity index is 1710. The van der Waals surface area contributed by atoms with Crippen molar-refractivity contribution in [3.05, 3.63) is 118 Å². The minimum atomic E-state index is -1.21. The maximum absolute atomic E-state index is 13.3. The van der Waals surface area contributed by atoms with Crippen molar-refractivity contribution in [2.75, 3.05) is 46.9 Å². The van der Waals surface area contributed by atoms with Crippen LogP contribution in [0, 0.1) is 0 Å². The molecule has 0 radical (unpaired) electrons. The van der Waals surface area contributed by atoms with E-state index in [0.717, 1.165) is 88.4 Å². The molecule has 0 amide bonds. The fourth-order valence-corrected chi connectivity index (χ4v) is 7.22. The number of halogens is 1. The van der Waals surface area contributed by atoms with Gasteiger partial charge in [0.15, 0.2) is 0 Å². The van der Waals surface area contributed by atoms with Gasteiger partial charge in [0.1, 0.15) is 5.60 Å². The van der Waals surface area contributed by atoms with E-state index in [4.69, 9.17) is 9.72 Å². The third kappa shape index (κ3) is 6.69. The van der Waals surface area contributed by atoms with Crippen molar-refractivity contribution in [2.45, 2.75) is 37.2 Å². The van der Waals surface area contributed by atoms with E-state index in [0.29, 0.717) is 12.3 Å². The Balaban J connectivity index is 1.44. The number of ether oxygens (including phenoxy) is 1. The van der Waals surface area contributed by atoms with Crippen LogP contribution >= 0.6 is 15.9 Å². The molecule has 1 aliphatic rings. The normalized spacial score (nSPS) is 16.9. The van der Waals surface area contributed by atoms with Crippen LogP contribution in [0.25, 0.3) is 21.7 Å². The lowest BCUT2D eigenvalue weighted by molar-refractivity contribution is 0.00669. The molecule has 0 spiro atoms. The second-order valence-electron chi connectivity index (χ2n) is 12.2. The van der Waals surface area contributed by atoms with Crippen LogP contribution in [0.5, 0.6) is 5.88 Å². The quantitative estimate of drug-likeness (QED) is 0.155. The van der Waals surface area contributed by atoms with Crippen LogP contribution in [0.3, 0.4) is 0 Å². The van der Waals surface area contributed by atoms with Crippen LogP contribution in [0.15, 0.2) is 102 Å². The molecular formula is C38H42BrN3O2. The zero-order chi connectivity index (χ0) is 30.5. The minimum absolute atomic E-state index is 0.400. The lowest BCUT2D eigenvalue weighted by atomic mass is 9.71. The van der Waals surface area contributed by atoms with Crippen molar-refractivity contribution in [1.82, 2.24) is 14.8 Å². The van der Waals surface area contributed by atoms with Crippen molar-refractivity contribution in [3.63, 3.8) is 0 Å². The number of aromatic nitrogens is 1. The highest BCUT2D eigenvalue weighted by Gasteiger charge is 2.42. The molecule has 1 saturated heterocycles. The summed E-state index contributed by atoms with van der Waals surface area (Å²) in [5.41, 5.74) is 2.48. The lowest BCUT2D eigenvalue weighted by Crippen LogP contribution is -2.35. The molecule has 1 aliphatic heterocycles. The Morgan fingerprint density at radius 2 is 1.64 bits per heavy atom. The zero-order valence-electron chi connectivity index (χ0n) is 25.8. The molecule has 2 heterocycles. The first kappa shape index (κ1) is 30.7. The van der Waals surface area contributed by atoms with E-state index in [2.05, 4.69) is 112 Å². The highest BCUT2D eigenvalue weighted by molar-refractivity contribution is 9.10. The van der Waals surface area contributed by atoms with Gasteiger partial charge in [0.2, 0.25) is 5.88 Å². The second kappa shape index (κ2) is 13.8. The van der Waals surface area contributed by atoms with E-state index in [1.54, 1.807) is 7.11 Å². The van der Waals surface area contributed by atoms with Gasteiger partial charge in [-0.25, -0.2) is 4.98 Å². The molecule has 2 unspecified atom stereocenters. The number of hydrogen-bond acceptors (Lipinski definition) is 5. The monoisotopic (exact) mass is 651 g/mol. The molecule has 1 N–H and O–H groups in total. The third-order valence-electron chi connectivity index (χ3n) is 9.23. The highest BCUT2D eigenvalue weighted by Crippen LogP contribution is 2.48. The number of nitrogens with zero attached hydrogens (tertiary/aromatic N) is 3. The van der Waals surface area contributed by atoms with Crippen LogP contribution in [0.1, 0.15) is 48.3 Å². The van der Waals surface area contributed by atoms with Crippen molar-refractivity contribution in [2.24, 2.45) is 0 Å². The van der Waals surface area contributed by atoms with Gasteiger partial charge in [-0.3, -0.25) is 0 Å². The van der Waals surface area contributed by atoms with E-state index < -0.39 is 11.5 Å². The number of hydrogen-bond donors (Lipinski definition) is 1. The number of likely N-dealkylation sites (N-methyl/N-ethyl adjacent to an activating group) is 1. The number of benzene rings is 4. The maximum atomic E-state index is 13.3. The Labute approximate surface area is 269 Å². The number of aliphatic hydroxyl groups is 1. The summed E-state index contributed by atoms with van der Waals surface area (Å²) in [6.45, 7) is 5.57. The smallest absolute Gasteiger partial charge is 0.217 e. The van der Waals surface area contributed by atoms with Gasteiger partial charge in [0.05, 0.1) is 12.6 Å². The van der Waals surface area contributed by atoms with Gasteiger partial charge in [-0.1, -0.05) is 82.7 Å². The van der Waals surface area contributed by atoms with Crippen LogP contribution in [0.2, 0.25) is 0 Å². The summed E-state index contributed by atoms with van der Waals surface area (Å²) in [5.74, 6) is 0.143. The molecular weight excluding hydrogens is 610 g/mol. The largest absolute Gasteiger partial charge is 0.481 e. The van der Waals surface area contributed by atoms with Gasteiger partial charge in [-0.05, 0) is 105 Å². The molecule has 1 fully saturated rings. The van der Waals surface area contributed by atoms with Crippen LogP contribution in [-0.4, -0.2) is 66.8 Å². The summed E-state index contributed by atoms with van der Waals surface area (Å²) < 4.78 is 6.96. The summed E-state index contributed by atoms with van der Waals surface area (Å²) in [7, 11) is 3.89. The van der Waals surface area contributed by atoms with Crippen molar-refractivity contribution in [1.29, 1.82) is 0 Å². The Kier molecular flexibility index (Phi) is 9.62. The molecule has 6 rings (SSSR count). The first-order valence-corrected chi connectivity index (χ1v) is 16.6. The van der Waals surface area contributed by atoms with E-state index in [1.165, 1.54) is 6.42 Å². The topological polar surface area (TPSA) is 48.8 Å². The van der Waals surface area contributed by atoms with Gasteiger partial charge in [-0.2, -0.15) is 0 Å². The van der Waals surface area contributed by atoms with E-state index in [-0.39, 0.29) is 0 Å². The summed E-state index contributed by atoms with van der Waals surface area (Å²) in [5, 5.41) is 16.5. The molecule has 4 aromatic carbocycles. The molecule has 6 heteroatoms. The summed E-state index contributed by atoms with van der Waals surface area (Å²) in [6, 6.07) is 33.4. The first-order valence-electron chi connectivity index (χ1n) is 15.8. The molecule has 228 valence electrons. The fourth-order valence-electron chi connectivity index (χ4n) is 6.84. The van der Waals surface area contributed by atoms with Crippen LogP contribution in [0.4, 0.5) is 0 Å². The van der Waals surface area contributed by atoms with Gasteiger partial charge in [-0.15, -0.1) is 0 Å². The Morgan fingerprint density at radius 1 is 0.841 bits per heavy atom. The molecule has 0 saturated carbocycles. The van der Waals surface area contributed by atoms with Crippen molar-refractivity contribution < 1.29 is 9.84 Å². The van der Waals surface area contributed by atoms with Crippen LogP contribution in [-0.2, 0) is 5.60 Å². The number of methoxy groups -OCH3 is 1. The summed E-state index contributed by atoms with van der Waals surface area (Å²) in [4.78, 5) is 9.95. The molecule has 2 atom stereocenters. The van der Waals surface area contributed by atoms with Crippen LogP contribution < -0.4 is 4.74 Å². The predicted octanol–water partition coefficient (Wildman–Crippen LogP) is 7.99. The Hall–Kier alpha value is -3.29. The average molecular weight is 653 g/mol. The minimum Gasteiger partial charge on any atom is -0.481 e. The highest BCUT2D eigenvalue weighted by atomic mass is 79.9. The molecule has 0 bridgehead atoms. The maximum Gasteiger partial charge on any atom is 0.217 e. The van der Waals surface area contributed by atoms with Gasteiger partial charge < -0.3 is 19.6 Å². The van der Waals surface area contributed by atoms with Gasteiger partial charge in [0.25, 0.3) is 0 Å². The SMILES string of the molecule is COc1nc2ccc(Br)cc2cc1C(c1ccccc1)C(O)(CCCCN1CCCN(C)CC1)c1ccc2ccccc2c1. The van der Waals surface area contributed by atoms with E-state index >= 15 is 0 Å². The molecule has 5 nitrogen and oxygen atoms in total. The standard InChI is InChI=1S/C38H42BrN3O2/c1-41-20-10-22-42(24-23-41)21-9-8-19-38(43,32-16-15-28-11-6-7-14-30(28)25-32)36(29-12-4-3-5-13-29)34-27-31-26-33(39)17-18-35(31)40-37(34)44-2/h3-7,11-18,25-27,36,43H,8-10,19-24H2,1-2H3. The summed E-state index contributed by atoms with van der Waals surface area (Å²) >= 11 is 3.64. The van der Waals surface area contributed by atoms with E-state index in [1.807, 2.05) is 18.2 Å². The second-order valence-corrected chi connectivity index (χ2v) is 13.1. The molecule has 0 aliphatic carbocycles. The van der Waals surface area contributed by atoms with Gasteiger partial charge >= 0.3 is 0 Å². The summed E-state index contributed by atoms with van der Waals surface area (Å²) in [6.07, 6.45) is 3.74. The number of unbranched alkanes of at least 4 members (excludes halogenated alkanes) is 1. The zero-order valence-corrected chi connectivity index (χ0v) is 27.3. The predicted molar refractivity (Wildman–Crippen MR) is 185 cm³/mol. The molecule has 1 aromatic heterocycles. The molecule has 44 heavy (non-hydrogen) atoms. The average Bonchev–Trinajstić information content (AvgIpc) is 3.26. The van der Waals surface area contributed by atoms with Crippen molar-refractivity contribution in [3.8, 4) is 5.88 Å². The Morgan fingerprint density at radius 3 is 2.45 bits per heavy atom. The van der Waals surface area contributed by atoms with Crippen molar-refractivity contribution >= 4 is 37.6 Å². The number of pyridine rings is 1. The van der Waals surface area contributed by atoms with Gasteiger partial charge in [0, 0.05) is 34.4 Å². The first-order chi connectivity index (χ1) is 21.4. The van der Waals surface area contributed by atoms with E-state index in [9.17, 15) is 5.11 Å². The number of fused-ring (bicyclic) bond motifs is 2. The molecule has 5 aromatic rings. The third-order valence-corrected chi connectivity index (χ3v) is 9.72. The fraction of sp³-hybridized carbons (Fsp3) is 0.342. The lowest BCUT2D eigenvalue weighted by Gasteiger charge is -2.38.